The summed E-state index contributed by atoms with van der Waals surface area (Å²) in [5.41, 5.74) is 0. The van der Waals surface area contributed by atoms with E-state index in [4.69, 9.17) is 14.2 Å². The van der Waals surface area contributed by atoms with E-state index in [1.165, 1.54) is 96.3 Å². The molecule has 0 fully saturated rings. The van der Waals surface area contributed by atoms with Gasteiger partial charge < -0.3 is 14.2 Å². The van der Waals surface area contributed by atoms with E-state index in [2.05, 4.69) is 154 Å². The predicted molar refractivity (Wildman–Crippen MR) is 329 cm³/mol. The lowest BCUT2D eigenvalue weighted by atomic mass is 10.0. The van der Waals surface area contributed by atoms with E-state index in [0.29, 0.717) is 19.3 Å². The molecule has 1 atom stereocenters. The first-order valence-corrected chi connectivity index (χ1v) is 30.8. The zero-order valence-electron chi connectivity index (χ0n) is 49.0. The highest BCUT2D eigenvalue weighted by atomic mass is 16.6. The molecule has 0 radical (unpaired) electrons. The topological polar surface area (TPSA) is 78.9 Å². The second kappa shape index (κ2) is 62.8. The Labute approximate surface area is 467 Å². The van der Waals surface area contributed by atoms with Gasteiger partial charge in [0, 0.05) is 19.3 Å². The van der Waals surface area contributed by atoms with Crippen molar-refractivity contribution in [2.75, 3.05) is 13.2 Å². The van der Waals surface area contributed by atoms with Crippen molar-refractivity contribution in [3.63, 3.8) is 0 Å². The summed E-state index contributed by atoms with van der Waals surface area (Å²) in [6, 6.07) is 0. The lowest BCUT2D eigenvalue weighted by molar-refractivity contribution is -0.166. The molecule has 0 aliphatic heterocycles. The van der Waals surface area contributed by atoms with Gasteiger partial charge in [0.05, 0.1) is 0 Å². The number of esters is 3. The number of allylic oxidation sites excluding steroid dienone is 24. The Morgan fingerprint density at radius 3 is 0.855 bits per heavy atom. The monoisotopic (exact) mass is 1050 g/mol. The Morgan fingerprint density at radius 2 is 0.539 bits per heavy atom. The van der Waals surface area contributed by atoms with Crippen LogP contribution in [0, 0.1) is 0 Å². The highest BCUT2D eigenvalue weighted by Crippen LogP contribution is 2.15. The van der Waals surface area contributed by atoms with Crippen LogP contribution < -0.4 is 0 Å². The SMILES string of the molecule is CC/C=C\C/C=C\C/C=C\C/C=C\C/C=C\C/C=C\CCCCCCCCCCCCCCC(=O)OCC(COC(=O)CCCCCCCCCC)OC(=O)CC/C=C\C/C=C\C/C=C\C/C=C\C/C=C\C/C=C\CC. The molecule has 0 heterocycles. The second-order valence-corrected chi connectivity index (χ2v) is 19.9. The molecular formula is C70H112O6. The standard InChI is InChI=1S/C70H112O6/c1-4-7-10-13-16-19-21-23-25-27-29-30-31-32-33-34-35-36-37-38-39-40-42-43-45-47-49-51-54-57-60-63-69(72)75-66-67(65-74-68(71)62-59-56-53-18-15-12-9-6-3)76-70(73)64-61-58-55-52-50-48-46-44-41-28-26-24-22-20-17-14-11-8-5-2/h7-8,10-11,16-17,19-20,23-26,29-30,32-33,35-36,41,44,48,50,55,58,67H,4-6,9,12-15,18,21-22,27-28,31,34,37-40,42-43,45-47,49,51-54,56-57,59-66H2,1-3H3/b10-7-,11-8-,19-16-,20-17-,25-23-,26-24-,30-29-,33-32-,36-35-,44-41-,50-48-,58-55-. The van der Waals surface area contributed by atoms with Gasteiger partial charge in [0.25, 0.3) is 0 Å². The van der Waals surface area contributed by atoms with Gasteiger partial charge in [0.2, 0.25) is 0 Å². The van der Waals surface area contributed by atoms with E-state index < -0.39 is 12.1 Å². The van der Waals surface area contributed by atoms with Crippen molar-refractivity contribution in [2.24, 2.45) is 0 Å². The summed E-state index contributed by atoms with van der Waals surface area (Å²) in [5.74, 6) is -1.01. The van der Waals surface area contributed by atoms with Crippen LogP contribution in [0.2, 0.25) is 0 Å². The molecule has 6 heteroatoms. The van der Waals surface area contributed by atoms with Crippen molar-refractivity contribution in [1.82, 2.24) is 0 Å². The molecule has 1 unspecified atom stereocenters. The molecular weight excluding hydrogens is 937 g/mol. The number of carbonyl (C=O) groups is 3. The first-order valence-electron chi connectivity index (χ1n) is 30.8. The van der Waals surface area contributed by atoms with Gasteiger partial charge in [-0.3, -0.25) is 14.4 Å². The average molecular weight is 1050 g/mol. The quantitative estimate of drug-likeness (QED) is 0.0261. The van der Waals surface area contributed by atoms with Crippen LogP contribution in [-0.2, 0) is 28.6 Å². The molecule has 0 spiro atoms. The number of hydrogen-bond acceptors (Lipinski definition) is 6. The smallest absolute Gasteiger partial charge is 0.306 e. The van der Waals surface area contributed by atoms with Crippen molar-refractivity contribution in [3.05, 3.63) is 146 Å². The van der Waals surface area contributed by atoms with Gasteiger partial charge in [0.15, 0.2) is 6.10 Å². The van der Waals surface area contributed by atoms with Crippen LogP contribution in [0.5, 0.6) is 0 Å². The third-order valence-electron chi connectivity index (χ3n) is 12.6. The molecule has 428 valence electrons. The summed E-state index contributed by atoms with van der Waals surface area (Å²) in [7, 11) is 0. The van der Waals surface area contributed by atoms with Crippen LogP contribution in [0.15, 0.2) is 146 Å². The fourth-order valence-electron chi connectivity index (χ4n) is 8.06. The van der Waals surface area contributed by atoms with Crippen molar-refractivity contribution < 1.29 is 28.6 Å². The van der Waals surface area contributed by atoms with Gasteiger partial charge in [-0.2, -0.15) is 0 Å². The number of ether oxygens (including phenoxy) is 3. The molecule has 0 aliphatic rings. The molecule has 0 aliphatic carbocycles. The number of rotatable bonds is 54. The molecule has 0 saturated heterocycles. The third kappa shape index (κ3) is 60.2. The van der Waals surface area contributed by atoms with Gasteiger partial charge in [0.1, 0.15) is 13.2 Å². The Morgan fingerprint density at radius 1 is 0.276 bits per heavy atom. The Hall–Kier alpha value is -4.71. The van der Waals surface area contributed by atoms with Gasteiger partial charge in [-0.05, 0) is 109 Å². The maximum atomic E-state index is 12.8. The largest absolute Gasteiger partial charge is 0.462 e. The summed E-state index contributed by atoms with van der Waals surface area (Å²) in [6.07, 6.45) is 90.2. The number of hydrogen-bond donors (Lipinski definition) is 0. The van der Waals surface area contributed by atoms with Crippen LogP contribution in [0.3, 0.4) is 0 Å². The van der Waals surface area contributed by atoms with Gasteiger partial charge in [-0.15, -0.1) is 0 Å². The Kier molecular flexibility index (Phi) is 58.9. The zero-order chi connectivity index (χ0) is 55.0. The summed E-state index contributed by atoms with van der Waals surface area (Å²) >= 11 is 0. The molecule has 0 amide bonds. The summed E-state index contributed by atoms with van der Waals surface area (Å²) in [4.78, 5) is 38.0. The zero-order valence-corrected chi connectivity index (χ0v) is 49.0. The molecule has 0 N–H and O–H groups in total. The van der Waals surface area contributed by atoms with Crippen molar-refractivity contribution in [3.8, 4) is 0 Å². The van der Waals surface area contributed by atoms with E-state index >= 15 is 0 Å². The van der Waals surface area contributed by atoms with Crippen LogP contribution >= 0.6 is 0 Å². The van der Waals surface area contributed by atoms with Crippen molar-refractivity contribution in [2.45, 2.75) is 264 Å². The first-order chi connectivity index (χ1) is 37.5. The van der Waals surface area contributed by atoms with Crippen LogP contribution in [0.25, 0.3) is 0 Å². The molecule has 0 saturated carbocycles. The van der Waals surface area contributed by atoms with E-state index in [-0.39, 0.29) is 31.6 Å². The van der Waals surface area contributed by atoms with E-state index in [9.17, 15) is 14.4 Å². The minimum Gasteiger partial charge on any atom is -0.462 e. The minimum absolute atomic E-state index is 0.111. The first kappa shape index (κ1) is 71.3. The summed E-state index contributed by atoms with van der Waals surface area (Å²) < 4.78 is 16.7. The molecule has 0 rings (SSSR count). The Bertz CT molecular complexity index is 1680. The van der Waals surface area contributed by atoms with Gasteiger partial charge in [-0.1, -0.05) is 276 Å². The van der Waals surface area contributed by atoms with Crippen LogP contribution in [-0.4, -0.2) is 37.2 Å². The molecule has 0 aromatic carbocycles. The fourth-order valence-corrected chi connectivity index (χ4v) is 8.06. The molecule has 0 bridgehead atoms. The molecule has 0 aromatic rings. The van der Waals surface area contributed by atoms with Gasteiger partial charge >= 0.3 is 17.9 Å². The highest BCUT2D eigenvalue weighted by Gasteiger charge is 2.19. The second-order valence-electron chi connectivity index (χ2n) is 19.9. The fraction of sp³-hybridized carbons (Fsp3) is 0.614. The van der Waals surface area contributed by atoms with Crippen LogP contribution in [0.1, 0.15) is 258 Å². The predicted octanol–water partition coefficient (Wildman–Crippen LogP) is 21.2. The van der Waals surface area contributed by atoms with E-state index in [1.54, 1.807) is 0 Å². The maximum absolute atomic E-state index is 12.8. The average Bonchev–Trinajstić information content (AvgIpc) is 3.42. The normalized spacial score (nSPS) is 13.1. The lowest BCUT2D eigenvalue weighted by Crippen LogP contribution is -2.30. The van der Waals surface area contributed by atoms with Crippen LogP contribution in [0.4, 0.5) is 0 Å². The highest BCUT2D eigenvalue weighted by molar-refractivity contribution is 5.71. The van der Waals surface area contributed by atoms with E-state index in [1.807, 2.05) is 12.2 Å². The van der Waals surface area contributed by atoms with Crippen molar-refractivity contribution >= 4 is 17.9 Å². The van der Waals surface area contributed by atoms with Gasteiger partial charge in [-0.25, -0.2) is 0 Å². The number of unbranched alkanes of at least 4 members (excludes halogenated alkanes) is 19. The minimum atomic E-state index is -0.822. The Balaban J connectivity index is 4.25. The third-order valence-corrected chi connectivity index (χ3v) is 12.6. The summed E-state index contributed by atoms with van der Waals surface area (Å²) in [6.45, 7) is 6.31. The molecule has 0 aromatic heterocycles. The molecule has 6 nitrogen and oxygen atoms in total. The van der Waals surface area contributed by atoms with Crippen molar-refractivity contribution in [1.29, 1.82) is 0 Å². The molecule has 76 heavy (non-hydrogen) atoms. The maximum Gasteiger partial charge on any atom is 0.306 e. The summed E-state index contributed by atoms with van der Waals surface area (Å²) in [5, 5.41) is 0. The lowest BCUT2D eigenvalue weighted by Gasteiger charge is -2.18. The number of carbonyl (C=O) groups excluding carboxylic acids is 3. The van der Waals surface area contributed by atoms with E-state index in [0.717, 1.165) is 116 Å².